The molecule has 3 nitrogen and oxygen atoms in total. The molecule has 0 radical (unpaired) electrons. The van der Waals surface area contributed by atoms with Crippen LogP contribution < -0.4 is 0 Å². The third kappa shape index (κ3) is 3.97. The largest absolute Gasteiger partial charge is 0.388 e. The summed E-state index contributed by atoms with van der Waals surface area (Å²) in [6.45, 7) is 7.38. The van der Waals surface area contributed by atoms with Crippen molar-refractivity contribution < 1.29 is 5.11 Å². The molecule has 1 saturated heterocycles. The fourth-order valence-corrected chi connectivity index (χ4v) is 2.83. The van der Waals surface area contributed by atoms with Crippen LogP contribution in [0.25, 0.3) is 0 Å². The van der Waals surface area contributed by atoms with E-state index in [-0.39, 0.29) is 5.92 Å². The lowest BCUT2D eigenvalue weighted by atomic mass is 9.80. The van der Waals surface area contributed by atoms with Gasteiger partial charge in [0.25, 0.3) is 0 Å². The van der Waals surface area contributed by atoms with Gasteiger partial charge >= 0.3 is 0 Å². The van der Waals surface area contributed by atoms with E-state index in [1.165, 1.54) is 0 Å². The van der Waals surface area contributed by atoms with Gasteiger partial charge in [-0.15, -0.1) is 0 Å². The summed E-state index contributed by atoms with van der Waals surface area (Å²) >= 11 is 0. The van der Waals surface area contributed by atoms with E-state index < -0.39 is 5.60 Å². The molecule has 1 rings (SSSR count). The molecule has 0 aromatic heterocycles. The van der Waals surface area contributed by atoms with Crippen LogP contribution in [0.4, 0.5) is 0 Å². The molecule has 0 bridgehead atoms. The average molecular weight is 238 g/mol. The number of rotatable bonds is 5. The van der Waals surface area contributed by atoms with E-state index >= 15 is 0 Å². The summed E-state index contributed by atoms with van der Waals surface area (Å²) in [5, 5.41) is 19.9. The number of nitrogens with zero attached hydrogens (tertiary/aromatic N) is 2. The number of nitriles is 1. The molecule has 0 aliphatic carbocycles. The molecule has 1 aliphatic rings. The van der Waals surface area contributed by atoms with Crippen molar-refractivity contribution in [2.75, 3.05) is 19.6 Å². The topological polar surface area (TPSA) is 47.3 Å². The first kappa shape index (κ1) is 14.5. The molecule has 98 valence electrons. The third-order valence-corrected chi connectivity index (χ3v) is 3.87. The highest BCUT2D eigenvalue weighted by Gasteiger charge is 2.37. The molecule has 0 saturated carbocycles. The molecule has 2 unspecified atom stereocenters. The number of hydrogen-bond acceptors (Lipinski definition) is 3. The molecule has 0 spiro atoms. The molecular formula is C14H26N2O. The quantitative estimate of drug-likeness (QED) is 0.800. The van der Waals surface area contributed by atoms with E-state index in [9.17, 15) is 10.4 Å². The maximum Gasteiger partial charge on any atom is 0.0817 e. The summed E-state index contributed by atoms with van der Waals surface area (Å²) in [7, 11) is 0. The Kier molecular flexibility index (Phi) is 5.94. The zero-order chi connectivity index (χ0) is 12.7. The second-order valence-corrected chi connectivity index (χ2v) is 5.27. The summed E-state index contributed by atoms with van der Waals surface area (Å²) in [5.74, 6) is -0.186. The van der Waals surface area contributed by atoms with Gasteiger partial charge in [0.15, 0.2) is 0 Å². The summed E-state index contributed by atoms with van der Waals surface area (Å²) in [4.78, 5) is 2.42. The second-order valence-electron chi connectivity index (χ2n) is 5.27. The minimum absolute atomic E-state index is 0.186. The number of aliphatic hydroxyl groups is 1. The first-order valence-electron chi connectivity index (χ1n) is 7.00. The van der Waals surface area contributed by atoms with Crippen LogP contribution in [-0.4, -0.2) is 35.2 Å². The summed E-state index contributed by atoms with van der Waals surface area (Å²) < 4.78 is 0. The normalized spacial score (nSPS) is 28.4. The Hall–Kier alpha value is -0.590. The molecule has 1 fully saturated rings. The second kappa shape index (κ2) is 6.98. The van der Waals surface area contributed by atoms with Crippen LogP contribution in [0, 0.1) is 17.2 Å². The van der Waals surface area contributed by atoms with Gasteiger partial charge in [-0.1, -0.05) is 20.3 Å². The van der Waals surface area contributed by atoms with Gasteiger partial charge in [-0.2, -0.15) is 5.26 Å². The average Bonchev–Trinajstić information content (AvgIpc) is 2.50. The standard InChI is InChI=1S/C14H26N2O/c1-3-6-13(12-15)14(17)7-5-10-16(9-4-2)11-8-14/h13,17H,3-11H2,1-2H3. The van der Waals surface area contributed by atoms with Crippen molar-refractivity contribution >= 4 is 0 Å². The van der Waals surface area contributed by atoms with Gasteiger partial charge in [0.1, 0.15) is 0 Å². The van der Waals surface area contributed by atoms with Crippen molar-refractivity contribution in [1.29, 1.82) is 5.26 Å². The molecule has 1 N–H and O–H groups in total. The minimum Gasteiger partial charge on any atom is -0.388 e. The van der Waals surface area contributed by atoms with E-state index in [0.29, 0.717) is 0 Å². The van der Waals surface area contributed by atoms with Gasteiger partial charge in [0, 0.05) is 6.54 Å². The van der Waals surface area contributed by atoms with Crippen LogP contribution in [0.2, 0.25) is 0 Å². The lowest BCUT2D eigenvalue weighted by molar-refractivity contribution is -0.0142. The third-order valence-electron chi connectivity index (χ3n) is 3.87. The van der Waals surface area contributed by atoms with Gasteiger partial charge in [0.2, 0.25) is 0 Å². The van der Waals surface area contributed by atoms with Crippen molar-refractivity contribution in [1.82, 2.24) is 4.90 Å². The first-order valence-corrected chi connectivity index (χ1v) is 7.00. The molecule has 3 heteroatoms. The number of hydrogen-bond donors (Lipinski definition) is 1. The molecule has 2 atom stereocenters. The molecule has 1 heterocycles. The smallest absolute Gasteiger partial charge is 0.0817 e. The van der Waals surface area contributed by atoms with Crippen LogP contribution in [0.3, 0.4) is 0 Å². The van der Waals surface area contributed by atoms with Gasteiger partial charge in [0.05, 0.1) is 17.6 Å². The Bertz CT molecular complexity index is 261. The highest BCUT2D eigenvalue weighted by atomic mass is 16.3. The summed E-state index contributed by atoms with van der Waals surface area (Å²) in [6.07, 6.45) is 5.50. The maximum absolute atomic E-state index is 10.7. The predicted octanol–water partition coefficient (Wildman–Crippen LogP) is 2.55. The van der Waals surface area contributed by atoms with Gasteiger partial charge in [-0.25, -0.2) is 0 Å². The SMILES string of the molecule is CCCC(C#N)C1(O)CCCN(CCC)CC1. The van der Waals surface area contributed by atoms with E-state index in [1.807, 2.05) is 0 Å². The van der Waals surface area contributed by atoms with Crippen LogP contribution >= 0.6 is 0 Å². The lowest BCUT2D eigenvalue weighted by Crippen LogP contribution is -2.38. The Morgan fingerprint density at radius 2 is 2.06 bits per heavy atom. The Morgan fingerprint density at radius 1 is 1.29 bits per heavy atom. The summed E-state index contributed by atoms with van der Waals surface area (Å²) in [6, 6.07) is 2.32. The van der Waals surface area contributed by atoms with Crippen LogP contribution in [0.1, 0.15) is 52.4 Å². The lowest BCUT2D eigenvalue weighted by Gasteiger charge is -2.31. The highest BCUT2D eigenvalue weighted by Crippen LogP contribution is 2.32. The van der Waals surface area contributed by atoms with Crippen molar-refractivity contribution in [2.24, 2.45) is 5.92 Å². The maximum atomic E-state index is 10.7. The van der Waals surface area contributed by atoms with E-state index in [2.05, 4.69) is 24.8 Å². The predicted molar refractivity (Wildman–Crippen MR) is 69.5 cm³/mol. The fourth-order valence-electron chi connectivity index (χ4n) is 2.83. The van der Waals surface area contributed by atoms with Crippen LogP contribution in [0.15, 0.2) is 0 Å². The van der Waals surface area contributed by atoms with Crippen LogP contribution in [0.5, 0.6) is 0 Å². The van der Waals surface area contributed by atoms with E-state index in [1.54, 1.807) is 0 Å². The Labute approximate surface area is 105 Å². The fraction of sp³-hybridized carbons (Fsp3) is 0.929. The zero-order valence-corrected chi connectivity index (χ0v) is 11.3. The molecule has 0 amide bonds. The van der Waals surface area contributed by atoms with Crippen molar-refractivity contribution in [3.8, 4) is 6.07 Å². The van der Waals surface area contributed by atoms with E-state index in [4.69, 9.17) is 0 Å². The van der Waals surface area contributed by atoms with Crippen LogP contribution in [-0.2, 0) is 0 Å². The molecule has 1 aliphatic heterocycles. The Morgan fingerprint density at radius 3 is 2.65 bits per heavy atom. The molecule has 17 heavy (non-hydrogen) atoms. The van der Waals surface area contributed by atoms with Crippen molar-refractivity contribution in [2.45, 2.75) is 58.0 Å². The minimum atomic E-state index is -0.743. The summed E-state index contributed by atoms with van der Waals surface area (Å²) in [5.41, 5.74) is -0.743. The molecule has 0 aromatic rings. The molecule has 0 aromatic carbocycles. The van der Waals surface area contributed by atoms with Gasteiger partial charge in [-0.05, 0) is 45.2 Å². The Balaban J connectivity index is 2.61. The monoisotopic (exact) mass is 238 g/mol. The molecular weight excluding hydrogens is 212 g/mol. The zero-order valence-electron chi connectivity index (χ0n) is 11.3. The highest BCUT2D eigenvalue weighted by molar-refractivity contribution is 4.99. The number of likely N-dealkylation sites (tertiary alicyclic amines) is 1. The van der Waals surface area contributed by atoms with Crippen molar-refractivity contribution in [3.05, 3.63) is 0 Å². The van der Waals surface area contributed by atoms with Crippen molar-refractivity contribution in [3.63, 3.8) is 0 Å². The van der Waals surface area contributed by atoms with E-state index in [0.717, 1.165) is 58.2 Å². The first-order chi connectivity index (χ1) is 8.16. The van der Waals surface area contributed by atoms with Gasteiger partial charge in [-0.3, -0.25) is 0 Å². The van der Waals surface area contributed by atoms with Gasteiger partial charge < -0.3 is 10.0 Å².